The van der Waals surface area contributed by atoms with Crippen LogP contribution in [0.15, 0.2) is 70.8 Å². The second-order valence-electron chi connectivity index (χ2n) is 8.21. The lowest BCUT2D eigenvalue weighted by Gasteiger charge is -2.31. The van der Waals surface area contributed by atoms with E-state index in [0.717, 1.165) is 4.90 Å². The molecule has 0 aromatic heterocycles. The Morgan fingerprint density at radius 1 is 1.09 bits per heavy atom. The van der Waals surface area contributed by atoms with E-state index >= 15 is 0 Å². The topological polar surface area (TPSA) is 114 Å². The lowest BCUT2D eigenvalue weighted by Crippen LogP contribution is -2.49. The molecule has 2 N–H and O–H groups in total. The molecule has 5 rings (SSSR count). The predicted molar refractivity (Wildman–Crippen MR) is 127 cm³/mol. The Kier molecular flexibility index (Phi) is 5.98. The Morgan fingerprint density at radius 2 is 1.83 bits per heavy atom. The maximum Gasteiger partial charge on any atom is 0.343 e. The van der Waals surface area contributed by atoms with Crippen LogP contribution in [0.25, 0.3) is 0 Å². The van der Waals surface area contributed by atoms with Gasteiger partial charge in [0.05, 0.1) is 29.6 Å². The third kappa shape index (κ3) is 3.93. The fourth-order valence-corrected chi connectivity index (χ4v) is 6.01. The number of benzene rings is 2. The van der Waals surface area contributed by atoms with Crippen molar-refractivity contribution < 1.29 is 28.7 Å². The van der Waals surface area contributed by atoms with Gasteiger partial charge in [0.25, 0.3) is 0 Å². The fourth-order valence-electron chi connectivity index (χ4n) is 4.60. The van der Waals surface area contributed by atoms with Crippen LogP contribution >= 0.6 is 11.8 Å². The van der Waals surface area contributed by atoms with Gasteiger partial charge >= 0.3 is 18.0 Å². The molecule has 2 aromatic carbocycles. The number of amides is 3. The lowest BCUT2D eigenvalue weighted by atomic mass is 9.95. The first kappa shape index (κ1) is 23.0. The normalized spacial score (nSPS) is 22.8. The van der Waals surface area contributed by atoms with Gasteiger partial charge in [-0.25, -0.2) is 14.4 Å². The van der Waals surface area contributed by atoms with Crippen molar-refractivity contribution in [3.63, 3.8) is 0 Å². The molecule has 3 aliphatic heterocycles. The molecule has 3 amide bonds. The molecule has 1 saturated heterocycles. The first-order valence-corrected chi connectivity index (χ1v) is 12.1. The van der Waals surface area contributed by atoms with Crippen LogP contribution in [0.2, 0.25) is 0 Å². The summed E-state index contributed by atoms with van der Waals surface area (Å²) in [5, 5.41) is 5.34. The zero-order valence-electron chi connectivity index (χ0n) is 18.9. The summed E-state index contributed by atoms with van der Waals surface area (Å²) >= 11 is 1.29. The molecule has 180 valence electrons. The van der Waals surface area contributed by atoms with Crippen molar-refractivity contribution >= 4 is 41.3 Å². The number of esters is 2. The van der Waals surface area contributed by atoms with Gasteiger partial charge in [-0.15, -0.1) is 0 Å². The van der Waals surface area contributed by atoms with Crippen molar-refractivity contribution in [1.29, 1.82) is 0 Å². The van der Waals surface area contributed by atoms with Crippen molar-refractivity contribution in [2.24, 2.45) is 0 Å². The molecule has 3 heterocycles. The Morgan fingerprint density at radius 3 is 2.60 bits per heavy atom. The van der Waals surface area contributed by atoms with E-state index in [4.69, 9.17) is 9.47 Å². The molecule has 0 unspecified atom stereocenters. The van der Waals surface area contributed by atoms with Gasteiger partial charge in [-0.1, -0.05) is 54.2 Å². The minimum atomic E-state index is -1.21. The summed E-state index contributed by atoms with van der Waals surface area (Å²) in [6, 6.07) is 15.0. The monoisotopic (exact) mass is 493 g/mol. The van der Waals surface area contributed by atoms with Crippen LogP contribution in [0.4, 0.5) is 10.5 Å². The summed E-state index contributed by atoms with van der Waals surface area (Å²) in [5.74, 6) is -1.38. The van der Waals surface area contributed by atoms with Gasteiger partial charge in [-0.05, 0) is 24.6 Å². The Bertz CT molecular complexity index is 1250. The molecule has 0 radical (unpaired) electrons. The Hall–Kier alpha value is -3.79. The Balaban J connectivity index is 1.45. The zero-order chi connectivity index (χ0) is 24.6. The van der Waals surface area contributed by atoms with E-state index in [1.807, 2.05) is 24.3 Å². The third-order valence-corrected chi connectivity index (χ3v) is 7.58. The van der Waals surface area contributed by atoms with Crippen LogP contribution in [-0.4, -0.2) is 42.0 Å². The van der Waals surface area contributed by atoms with Crippen molar-refractivity contribution in [1.82, 2.24) is 10.6 Å². The fraction of sp³-hybridized carbons (Fsp3) is 0.280. The molecule has 0 aliphatic carbocycles. The molecule has 0 spiro atoms. The van der Waals surface area contributed by atoms with Gasteiger partial charge in [0.15, 0.2) is 4.87 Å². The van der Waals surface area contributed by atoms with Crippen LogP contribution in [0.3, 0.4) is 0 Å². The number of thioether (sulfide) groups is 1. The summed E-state index contributed by atoms with van der Waals surface area (Å²) in [4.78, 5) is 52.6. The summed E-state index contributed by atoms with van der Waals surface area (Å²) in [6.07, 6.45) is 0.526. The number of nitrogens with one attached hydrogen (secondary N) is 2. The average Bonchev–Trinajstić information content (AvgIpc) is 3.38. The highest BCUT2D eigenvalue weighted by Crippen LogP contribution is 2.56. The minimum absolute atomic E-state index is 0.139. The molecular weight excluding hydrogens is 470 g/mol. The number of ether oxygens (including phenoxy) is 2. The highest BCUT2D eigenvalue weighted by atomic mass is 32.2. The molecule has 35 heavy (non-hydrogen) atoms. The van der Waals surface area contributed by atoms with E-state index in [1.54, 1.807) is 37.3 Å². The number of para-hydroxylation sites is 1. The van der Waals surface area contributed by atoms with Gasteiger partial charge in [0.2, 0.25) is 5.91 Å². The molecule has 0 saturated carbocycles. The summed E-state index contributed by atoms with van der Waals surface area (Å²) in [7, 11) is 0. The smallest absolute Gasteiger partial charge is 0.343 e. The van der Waals surface area contributed by atoms with Crippen LogP contribution in [-0.2, 0) is 23.9 Å². The van der Waals surface area contributed by atoms with E-state index in [0.29, 0.717) is 17.7 Å². The van der Waals surface area contributed by atoms with Gasteiger partial charge in [-0.2, -0.15) is 0 Å². The summed E-state index contributed by atoms with van der Waals surface area (Å²) < 4.78 is 10.9. The van der Waals surface area contributed by atoms with Crippen molar-refractivity contribution in [2.75, 3.05) is 18.1 Å². The molecule has 2 aromatic rings. The molecular formula is C25H23N3O6S. The number of nitrogens with zero attached hydrogens (tertiary/aromatic N) is 1. The number of hydrogen-bond acceptors (Lipinski definition) is 7. The van der Waals surface area contributed by atoms with E-state index in [9.17, 15) is 19.2 Å². The minimum Gasteiger partial charge on any atom is -0.463 e. The molecule has 1 fully saturated rings. The number of anilines is 1. The first-order valence-electron chi connectivity index (χ1n) is 11.3. The highest BCUT2D eigenvalue weighted by Gasteiger charge is 2.58. The largest absolute Gasteiger partial charge is 0.463 e. The molecule has 3 aliphatic rings. The van der Waals surface area contributed by atoms with Gasteiger partial charge in [0, 0.05) is 17.7 Å². The van der Waals surface area contributed by atoms with Gasteiger partial charge in [-0.3, -0.25) is 9.69 Å². The standard InChI is InChI=1S/C25H23N3O6S/c1-2-33-22(30)20-16(26-24(32)27-21(20)15-8-4-3-5-9-15)14-34-23(31)25-13-12-19(29)28(25)17-10-6-7-11-18(17)35-25/h3-11,21H,2,12-14H2,1H3,(H2,26,27,32)/t21-,25-/m1/s1. The third-order valence-electron chi connectivity index (χ3n) is 6.12. The van der Waals surface area contributed by atoms with Crippen LogP contribution in [0, 0.1) is 0 Å². The van der Waals surface area contributed by atoms with Crippen LogP contribution in [0.1, 0.15) is 31.4 Å². The van der Waals surface area contributed by atoms with E-state index in [1.165, 1.54) is 16.7 Å². The number of carbonyl (C=O) groups excluding carboxylic acids is 4. The lowest BCUT2D eigenvalue weighted by molar-refractivity contribution is -0.146. The quantitative estimate of drug-likeness (QED) is 0.595. The van der Waals surface area contributed by atoms with E-state index in [2.05, 4.69) is 10.6 Å². The maximum atomic E-state index is 13.4. The van der Waals surface area contributed by atoms with Gasteiger partial charge < -0.3 is 20.1 Å². The van der Waals surface area contributed by atoms with Crippen molar-refractivity contribution in [2.45, 2.75) is 35.6 Å². The molecule has 0 bridgehead atoms. The molecule has 2 atom stereocenters. The number of carbonyl (C=O) groups is 4. The second-order valence-corrected chi connectivity index (χ2v) is 9.53. The SMILES string of the molecule is CCOC(=O)C1=C(COC(=O)[C@]23CCC(=O)N2c2ccccc2S3)NC(=O)N[C@@H]1c1ccccc1. The average molecular weight is 494 g/mol. The first-order chi connectivity index (χ1) is 16.9. The maximum absolute atomic E-state index is 13.4. The second kappa shape index (κ2) is 9.10. The number of hydrogen-bond donors (Lipinski definition) is 2. The summed E-state index contributed by atoms with van der Waals surface area (Å²) in [5.41, 5.74) is 1.66. The van der Waals surface area contributed by atoms with Gasteiger partial charge in [0.1, 0.15) is 6.61 Å². The van der Waals surface area contributed by atoms with Crippen LogP contribution < -0.4 is 15.5 Å². The molecule has 9 nitrogen and oxygen atoms in total. The summed E-state index contributed by atoms with van der Waals surface area (Å²) in [6.45, 7) is 1.47. The predicted octanol–water partition coefficient (Wildman–Crippen LogP) is 3.03. The van der Waals surface area contributed by atoms with Crippen molar-refractivity contribution in [3.8, 4) is 0 Å². The van der Waals surface area contributed by atoms with Crippen molar-refractivity contribution in [3.05, 3.63) is 71.4 Å². The molecule has 10 heteroatoms. The van der Waals surface area contributed by atoms with Crippen LogP contribution in [0.5, 0.6) is 0 Å². The van der Waals surface area contributed by atoms with E-state index in [-0.39, 0.29) is 36.8 Å². The number of rotatable bonds is 6. The van der Waals surface area contributed by atoms with E-state index < -0.39 is 28.9 Å². The number of urea groups is 1. The Labute approximate surface area is 205 Å². The number of fused-ring (bicyclic) bond motifs is 3. The zero-order valence-corrected chi connectivity index (χ0v) is 19.7. The highest BCUT2D eigenvalue weighted by molar-refractivity contribution is 8.02.